The average Bonchev–Trinajstić information content (AvgIpc) is 2.71. The number of carboxylic acid groups (broad SMARTS) is 1. The minimum absolute atomic E-state index is 0.282. The number of hydrogen-bond donors (Lipinski definition) is 2. The van der Waals surface area contributed by atoms with Crippen molar-refractivity contribution in [1.29, 1.82) is 0 Å². The normalized spacial score (nSPS) is 15.6. The van der Waals surface area contributed by atoms with E-state index in [4.69, 9.17) is 5.11 Å². The van der Waals surface area contributed by atoms with E-state index in [2.05, 4.69) is 5.32 Å². The van der Waals surface area contributed by atoms with Crippen LogP contribution in [0.1, 0.15) is 12.5 Å². The Balaban J connectivity index is 2.13. The van der Waals surface area contributed by atoms with Crippen molar-refractivity contribution >= 4 is 11.7 Å². The first-order valence-electron chi connectivity index (χ1n) is 6.11. The molecule has 0 saturated heterocycles. The van der Waals surface area contributed by atoms with Crippen molar-refractivity contribution in [2.75, 3.05) is 24.5 Å². The number of carboxylic acids is 1. The highest BCUT2D eigenvalue weighted by Gasteiger charge is 2.25. The van der Waals surface area contributed by atoms with E-state index in [-0.39, 0.29) is 5.82 Å². The topological polar surface area (TPSA) is 52.6 Å². The van der Waals surface area contributed by atoms with Gasteiger partial charge in [0.1, 0.15) is 11.9 Å². The minimum atomic E-state index is -0.873. The number of aliphatic carboxylic acids is 1. The van der Waals surface area contributed by atoms with Gasteiger partial charge in [-0.2, -0.15) is 0 Å². The Labute approximate surface area is 105 Å². The Morgan fingerprint density at radius 1 is 1.61 bits per heavy atom. The second kappa shape index (κ2) is 5.35. The van der Waals surface area contributed by atoms with Gasteiger partial charge in [0.05, 0.1) is 0 Å². The van der Waals surface area contributed by atoms with Crippen molar-refractivity contribution in [1.82, 2.24) is 5.32 Å². The fourth-order valence-corrected chi connectivity index (χ4v) is 2.31. The van der Waals surface area contributed by atoms with Crippen molar-refractivity contribution in [3.05, 3.63) is 29.6 Å². The number of hydrogen-bond acceptors (Lipinski definition) is 3. The third-order valence-electron chi connectivity index (χ3n) is 3.19. The number of anilines is 1. The quantitative estimate of drug-likeness (QED) is 0.828. The Kier molecular flexibility index (Phi) is 3.81. The van der Waals surface area contributed by atoms with Crippen molar-refractivity contribution in [3.63, 3.8) is 0 Å². The van der Waals surface area contributed by atoms with E-state index in [0.717, 1.165) is 24.2 Å². The van der Waals surface area contributed by atoms with Crippen LogP contribution in [-0.2, 0) is 11.2 Å². The lowest BCUT2D eigenvalue weighted by molar-refractivity contribution is -0.139. The lowest BCUT2D eigenvalue weighted by Crippen LogP contribution is -2.45. The molecular formula is C13H17FN2O2. The summed E-state index contributed by atoms with van der Waals surface area (Å²) in [7, 11) is 0. The second-order valence-electron chi connectivity index (χ2n) is 4.42. The van der Waals surface area contributed by atoms with Crippen LogP contribution in [0, 0.1) is 5.82 Å². The molecule has 0 saturated carbocycles. The molecule has 2 N–H and O–H groups in total. The first-order valence-corrected chi connectivity index (χ1v) is 6.11. The molecule has 5 heteroatoms. The molecule has 18 heavy (non-hydrogen) atoms. The van der Waals surface area contributed by atoms with Gasteiger partial charge >= 0.3 is 5.97 Å². The standard InChI is InChI=1S/C13H17FN2O2/c1-2-15-11(13(17)18)8-16-6-5-9-3-4-10(14)7-12(9)16/h3-4,7,11,15H,2,5-6,8H2,1H3,(H,17,18). The number of rotatable bonds is 5. The number of fused-ring (bicyclic) bond motifs is 1. The zero-order valence-corrected chi connectivity index (χ0v) is 10.3. The van der Waals surface area contributed by atoms with Gasteiger partial charge in [-0.1, -0.05) is 13.0 Å². The van der Waals surface area contributed by atoms with Crippen LogP contribution in [0.3, 0.4) is 0 Å². The summed E-state index contributed by atoms with van der Waals surface area (Å²) in [5.41, 5.74) is 1.90. The fourth-order valence-electron chi connectivity index (χ4n) is 2.31. The first kappa shape index (κ1) is 12.8. The highest BCUT2D eigenvalue weighted by atomic mass is 19.1. The summed E-state index contributed by atoms with van der Waals surface area (Å²) in [5, 5.41) is 12.0. The summed E-state index contributed by atoms with van der Waals surface area (Å²) < 4.78 is 13.2. The van der Waals surface area contributed by atoms with Gasteiger partial charge in [0, 0.05) is 18.8 Å². The summed E-state index contributed by atoms with van der Waals surface area (Å²) in [6.07, 6.45) is 0.841. The van der Waals surface area contributed by atoms with Gasteiger partial charge in [-0.15, -0.1) is 0 Å². The van der Waals surface area contributed by atoms with Crippen molar-refractivity contribution in [2.24, 2.45) is 0 Å². The second-order valence-corrected chi connectivity index (χ2v) is 4.42. The van der Waals surface area contributed by atoms with Crippen LogP contribution < -0.4 is 10.2 Å². The van der Waals surface area contributed by atoms with Crippen LogP contribution in [0.5, 0.6) is 0 Å². The molecule has 0 radical (unpaired) electrons. The van der Waals surface area contributed by atoms with E-state index < -0.39 is 12.0 Å². The zero-order valence-electron chi connectivity index (χ0n) is 10.3. The third kappa shape index (κ3) is 2.61. The molecule has 0 bridgehead atoms. The molecule has 0 aromatic heterocycles. The molecule has 0 fully saturated rings. The molecule has 1 unspecified atom stereocenters. The number of halogens is 1. The van der Waals surface area contributed by atoms with E-state index in [1.165, 1.54) is 12.1 Å². The Bertz CT molecular complexity index is 451. The van der Waals surface area contributed by atoms with Gasteiger partial charge in [0.25, 0.3) is 0 Å². The Morgan fingerprint density at radius 3 is 3.06 bits per heavy atom. The number of likely N-dealkylation sites (N-methyl/N-ethyl adjacent to an activating group) is 1. The SMILES string of the molecule is CCNC(CN1CCc2ccc(F)cc21)C(=O)O. The summed E-state index contributed by atoms with van der Waals surface area (Å²) in [6, 6.07) is 4.08. The van der Waals surface area contributed by atoms with Crippen molar-refractivity contribution in [3.8, 4) is 0 Å². The Hall–Kier alpha value is -1.62. The summed E-state index contributed by atoms with van der Waals surface area (Å²) in [5.74, 6) is -1.15. The molecule has 1 aliphatic heterocycles. The summed E-state index contributed by atoms with van der Waals surface area (Å²) in [6.45, 7) is 3.57. The van der Waals surface area contributed by atoms with Gasteiger partial charge in [-0.05, 0) is 30.7 Å². The molecule has 0 spiro atoms. The number of carbonyl (C=O) groups is 1. The molecule has 0 aliphatic carbocycles. The van der Waals surface area contributed by atoms with Crippen LogP contribution in [0.15, 0.2) is 18.2 Å². The molecule has 98 valence electrons. The van der Waals surface area contributed by atoms with E-state index in [1.54, 1.807) is 6.07 Å². The number of nitrogens with zero attached hydrogens (tertiary/aromatic N) is 1. The van der Waals surface area contributed by atoms with Crippen LogP contribution in [-0.4, -0.2) is 36.8 Å². The molecule has 0 amide bonds. The molecule has 1 aliphatic rings. The number of benzene rings is 1. The summed E-state index contributed by atoms with van der Waals surface area (Å²) in [4.78, 5) is 13.0. The molecule has 4 nitrogen and oxygen atoms in total. The van der Waals surface area contributed by atoms with E-state index >= 15 is 0 Å². The zero-order chi connectivity index (χ0) is 13.1. The monoisotopic (exact) mass is 252 g/mol. The Morgan fingerprint density at radius 2 is 2.39 bits per heavy atom. The first-order chi connectivity index (χ1) is 8.61. The smallest absolute Gasteiger partial charge is 0.322 e. The molecule has 1 heterocycles. The fraction of sp³-hybridized carbons (Fsp3) is 0.462. The van der Waals surface area contributed by atoms with Crippen LogP contribution in [0.2, 0.25) is 0 Å². The maximum atomic E-state index is 13.2. The minimum Gasteiger partial charge on any atom is -0.480 e. The van der Waals surface area contributed by atoms with Gasteiger partial charge in [0.15, 0.2) is 0 Å². The van der Waals surface area contributed by atoms with Crippen molar-refractivity contribution in [2.45, 2.75) is 19.4 Å². The van der Waals surface area contributed by atoms with Gasteiger partial charge < -0.3 is 15.3 Å². The molecule has 2 rings (SSSR count). The predicted octanol–water partition coefficient (Wildman–Crippen LogP) is 1.25. The predicted molar refractivity (Wildman–Crippen MR) is 67.4 cm³/mol. The molecular weight excluding hydrogens is 235 g/mol. The van der Waals surface area contributed by atoms with Gasteiger partial charge in [-0.3, -0.25) is 4.79 Å². The maximum Gasteiger partial charge on any atom is 0.322 e. The summed E-state index contributed by atoms with van der Waals surface area (Å²) >= 11 is 0. The van der Waals surface area contributed by atoms with Crippen LogP contribution >= 0.6 is 0 Å². The lowest BCUT2D eigenvalue weighted by Gasteiger charge is -2.24. The van der Waals surface area contributed by atoms with E-state index in [1.807, 2.05) is 11.8 Å². The highest BCUT2D eigenvalue weighted by molar-refractivity contribution is 5.75. The van der Waals surface area contributed by atoms with E-state index in [0.29, 0.717) is 13.1 Å². The average molecular weight is 252 g/mol. The third-order valence-corrected chi connectivity index (χ3v) is 3.19. The van der Waals surface area contributed by atoms with Crippen LogP contribution in [0.4, 0.5) is 10.1 Å². The molecule has 1 atom stereocenters. The molecule has 1 aromatic carbocycles. The lowest BCUT2D eigenvalue weighted by atomic mass is 10.1. The van der Waals surface area contributed by atoms with Gasteiger partial charge in [-0.25, -0.2) is 4.39 Å². The van der Waals surface area contributed by atoms with Crippen molar-refractivity contribution < 1.29 is 14.3 Å². The van der Waals surface area contributed by atoms with E-state index in [9.17, 15) is 9.18 Å². The van der Waals surface area contributed by atoms with Crippen LogP contribution in [0.25, 0.3) is 0 Å². The molecule has 1 aromatic rings. The van der Waals surface area contributed by atoms with Gasteiger partial charge in [0.2, 0.25) is 0 Å². The maximum absolute atomic E-state index is 13.2. The number of nitrogens with one attached hydrogen (secondary N) is 1. The highest BCUT2D eigenvalue weighted by Crippen LogP contribution is 2.28. The largest absolute Gasteiger partial charge is 0.480 e.